The van der Waals surface area contributed by atoms with Crippen molar-refractivity contribution in [2.24, 2.45) is 0 Å². The first-order valence-corrected chi connectivity index (χ1v) is 8.64. The summed E-state index contributed by atoms with van der Waals surface area (Å²) >= 11 is 0. The van der Waals surface area contributed by atoms with Crippen LogP contribution >= 0.6 is 0 Å². The first kappa shape index (κ1) is 16.2. The summed E-state index contributed by atoms with van der Waals surface area (Å²) in [6.07, 6.45) is 4.97. The Morgan fingerprint density at radius 1 is 1.35 bits per heavy atom. The highest BCUT2D eigenvalue weighted by Gasteiger charge is 2.26. The molecule has 0 bridgehead atoms. The quantitative estimate of drug-likeness (QED) is 0.785. The average molecular weight is 349 g/mol. The van der Waals surface area contributed by atoms with Gasteiger partial charge in [-0.15, -0.1) is 0 Å². The van der Waals surface area contributed by atoms with Gasteiger partial charge in [-0.2, -0.15) is 5.26 Å². The van der Waals surface area contributed by atoms with Crippen LogP contribution in [0.25, 0.3) is 5.65 Å². The molecule has 3 aromatic heterocycles. The molecule has 132 valence electrons. The van der Waals surface area contributed by atoms with Crippen molar-refractivity contribution >= 4 is 17.4 Å². The monoisotopic (exact) mass is 349 g/mol. The zero-order valence-corrected chi connectivity index (χ0v) is 14.5. The van der Waals surface area contributed by atoms with Crippen molar-refractivity contribution in [2.75, 3.05) is 18.0 Å². The molecule has 0 atom stereocenters. The third-order valence-electron chi connectivity index (χ3n) is 4.82. The fourth-order valence-corrected chi connectivity index (χ4v) is 3.40. The first-order chi connectivity index (χ1) is 12.7. The Morgan fingerprint density at radius 3 is 2.85 bits per heavy atom. The zero-order chi connectivity index (χ0) is 18.1. The number of amides is 1. The van der Waals surface area contributed by atoms with Crippen molar-refractivity contribution in [2.45, 2.75) is 25.8 Å². The number of aryl methyl sites for hydroxylation is 1. The Bertz CT molecular complexity index is 989. The van der Waals surface area contributed by atoms with Crippen LogP contribution in [0.15, 0.2) is 41.1 Å². The van der Waals surface area contributed by atoms with Gasteiger partial charge in [-0.3, -0.25) is 9.20 Å². The van der Waals surface area contributed by atoms with Gasteiger partial charge in [0.15, 0.2) is 17.3 Å². The molecular weight excluding hydrogens is 330 g/mol. The van der Waals surface area contributed by atoms with Crippen molar-refractivity contribution in [3.8, 4) is 6.07 Å². The van der Waals surface area contributed by atoms with Crippen molar-refractivity contribution in [1.82, 2.24) is 14.7 Å². The van der Waals surface area contributed by atoms with Crippen LogP contribution in [0.1, 0.15) is 34.7 Å². The highest BCUT2D eigenvalue weighted by atomic mass is 16.3. The molecule has 1 aliphatic rings. The predicted octanol–water partition coefficient (Wildman–Crippen LogP) is 2.51. The Kier molecular flexibility index (Phi) is 4.09. The summed E-state index contributed by atoms with van der Waals surface area (Å²) in [7, 11) is 0. The number of imidazole rings is 1. The molecule has 4 heterocycles. The second kappa shape index (κ2) is 6.56. The number of pyridine rings is 1. The van der Waals surface area contributed by atoms with E-state index >= 15 is 0 Å². The minimum Gasteiger partial charge on any atom is -0.459 e. The Hall–Kier alpha value is -3.27. The molecule has 1 fully saturated rings. The predicted molar refractivity (Wildman–Crippen MR) is 96.1 cm³/mol. The van der Waals surface area contributed by atoms with E-state index in [1.54, 1.807) is 6.07 Å². The van der Waals surface area contributed by atoms with E-state index in [9.17, 15) is 10.1 Å². The lowest BCUT2D eigenvalue weighted by Gasteiger charge is -2.32. The summed E-state index contributed by atoms with van der Waals surface area (Å²) in [6.45, 7) is 3.33. The van der Waals surface area contributed by atoms with Gasteiger partial charge in [0, 0.05) is 30.9 Å². The van der Waals surface area contributed by atoms with Crippen LogP contribution < -0.4 is 10.2 Å². The molecule has 26 heavy (non-hydrogen) atoms. The van der Waals surface area contributed by atoms with Crippen LogP contribution in [0.4, 0.5) is 5.82 Å². The summed E-state index contributed by atoms with van der Waals surface area (Å²) in [6, 6.07) is 9.82. The van der Waals surface area contributed by atoms with E-state index < -0.39 is 0 Å². The lowest BCUT2D eigenvalue weighted by atomic mass is 10.0. The standard InChI is InChI=1S/C19H19N5O2/c1-13-7-11-26-17(13)19(25)21-14-5-9-23(10-6-14)18-15(12-20)24-8-3-2-4-16(24)22-18/h2-4,7-8,11,14H,5-6,9-10H2,1H3,(H,21,25). The van der Waals surface area contributed by atoms with E-state index in [0.29, 0.717) is 17.3 Å². The van der Waals surface area contributed by atoms with Crippen LogP contribution in [0.3, 0.4) is 0 Å². The second-order valence-electron chi connectivity index (χ2n) is 6.49. The van der Waals surface area contributed by atoms with Crippen LogP contribution in [0, 0.1) is 18.3 Å². The summed E-state index contributed by atoms with van der Waals surface area (Å²) < 4.78 is 7.06. The SMILES string of the molecule is Cc1ccoc1C(=O)NC1CCN(c2nc3ccccn3c2C#N)CC1. The van der Waals surface area contributed by atoms with Crippen LogP contribution in [-0.2, 0) is 0 Å². The van der Waals surface area contributed by atoms with Gasteiger partial charge in [-0.1, -0.05) is 6.07 Å². The second-order valence-corrected chi connectivity index (χ2v) is 6.49. The number of nitrogens with one attached hydrogen (secondary N) is 1. The van der Waals surface area contributed by atoms with Gasteiger partial charge in [-0.25, -0.2) is 4.98 Å². The van der Waals surface area contributed by atoms with E-state index in [2.05, 4.69) is 21.3 Å². The van der Waals surface area contributed by atoms with Crippen molar-refractivity contribution < 1.29 is 9.21 Å². The van der Waals surface area contributed by atoms with E-state index in [0.717, 1.165) is 37.1 Å². The van der Waals surface area contributed by atoms with E-state index in [1.165, 1.54) is 6.26 Å². The summed E-state index contributed by atoms with van der Waals surface area (Å²) in [5.74, 6) is 0.918. The fraction of sp³-hybridized carbons (Fsp3) is 0.316. The van der Waals surface area contributed by atoms with Gasteiger partial charge in [-0.05, 0) is 38.0 Å². The highest BCUT2D eigenvalue weighted by Crippen LogP contribution is 2.24. The van der Waals surface area contributed by atoms with Gasteiger partial charge in [0.25, 0.3) is 5.91 Å². The topological polar surface area (TPSA) is 86.6 Å². The molecular formula is C19H19N5O2. The number of rotatable bonds is 3. The van der Waals surface area contributed by atoms with Crippen LogP contribution in [0.5, 0.6) is 0 Å². The molecule has 7 nitrogen and oxygen atoms in total. The number of aromatic nitrogens is 2. The molecule has 1 aliphatic heterocycles. The molecule has 0 aliphatic carbocycles. The van der Waals surface area contributed by atoms with Crippen molar-refractivity contribution in [3.63, 3.8) is 0 Å². The maximum atomic E-state index is 12.3. The lowest BCUT2D eigenvalue weighted by molar-refractivity contribution is 0.0902. The normalized spacial score (nSPS) is 15.2. The molecule has 1 amide bonds. The first-order valence-electron chi connectivity index (χ1n) is 8.64. The Balaban J connectivity index is 1.45. The average Bonchev–Trinajstić information content (AvgIpc) is 3.25. The van der Waals surface area contributed by atoms with Crippen LogP contribution in [0.2, 0.25) is 0 Å². The molecule has 1 N–H and O–H groups in total. The van der Waals surface area contributed by atoms with E-state index in [4.69, 9.17) is 4.42 Å². The Morgan fingerprint density at radius 2 is 2.15 bits per heavy atom. The molecule has 1 saturated heterocycles. The van der Waals surface area contributed by atoms with E-state index in [1.807, 2.05) is 35.7 Å². The number of hydrogen-bond acceptors (Lipinski definition) is 5. The number of furan rings is 1. The maximum absolute atomic E-state index is 12.3. The van der Waals surface area contributed by atoms with Crippen molar-refractivity contribution in [1.29, 1.82) is 5.26 Å². The number of anilines is 1. The molecule has 0 spiro atoms. The minimum absolute atomic E-state index is 0.0887. The number of fused-ring (bicyclic) bond motifs is 1. The molecule has 4 rings (SSSR count). The number of nitrogens with zero attached hydrogens (tertiary/aromatic N) is 4. The van der Waals surface area contributed by atoms with E-state index in [-0.39, 0.29) is 11.9 Å². The number of nitriles is 1. The molecule has 7 heteroatoms. The third kappa shape index (κ3) is 2.80. The van der Waals surface area contributed by atoms with Crippen molar-refractivity contribution in [3.05, 3.63) is 53.7 Å². The number of carbonyl (C=O) groups excluding carboxylic acids is 1. The summed E-state index contributed by atoms with van der Waals surface area (Å²) in [4.78, 5) is 19.0. The zero-order valence-electron chi connectivity index (χ0n) is 14.5. The molecule has 3 aromatic rings. The summed E-state index contributed by atoms with van der Waals surface area (Å²) in [5, 5.41) is 12.6. The minimum atomic E-state index is -0.170. The third-order valence-corrected chi connectivity index (χ3v) is 4.82. The molecule has 0 radical (unpaired) electrons. The Labute approximate surface area is 150 Å². The number of carbonyl (C=O) groups is 1. The number of piperidine rings is 1. The lowest BCUT2D eigenvalue weighted by Crippen LogP contribution is -2.45. The number of hydrogen-bond donors (Lipinski definition) is 1. The van der Waals surface area contributed by atoms with Gasteiger partial charge < -0.3 is 14.6 Å². The largest absolute Gasteiger partial charge is 0.459 e. The molecule has 0 unspecified atom stereocenters. The molecule has 0 saturated carbocycles. The van der Waals surface area contributed by atoms with Crippen LogP contribution in [-0.4, -0.2) is 34.4 Å². The fourth-order valence-electron chi connectivity index (χ4n) is 3.40. The van der Waals surface area contributed by atoms with Gasteiger partial charge in [0.2, 0.25) is 0 Å². The van der Waals surface area contributed by atoms with Gasteiger partial charge in [0.05, 0.1) is 6.26 Å². The molecule has 0 aromatic carbocycles. The highest BCUT2D eigenvalue weighted by molar-refractivity contribution is 5.93. The smallest absolute Gasteiger partial charge is 0.287 e. The maximum Gasteiger partial charge on any atom is 0.287 e. The van der Waals surface area contributed by atoms with Gasteiger partial charge in [0.1, 0.15) is 11.7 Å². The summed E-state index contributed by atoms with van der Waals surface area (Å²) in [5.41, 5.74) is 2.15. The van der Waals surface area contributed by atoms with Gasteiger partial charge >= 0.3 is 0 Å².